The largest absolute Gasteiger partial charge is 0.431 e. The van der Waals surface area contributed by atoms with Gasteiger partial charge in [0.1, 0.15) is 0 Å². The number of anilines is 1. The van der Waals surface area contributed by atoms with Gasteiger partial charge in [-0.2, -0.15) is 0 Å². The SMILES string of the molecule is Cc1ccc(-[n+]2[nH]oc(=O)c2CN2CCN(c3ccccc3)CC2)cc1. The normalized spacial score (nSPS) is 15.3. The number of para-hydroxylation sites is 1. The molecule has 6 heteroatoms. The molecule has 3 aromatic rings. The number of hydrogen-bond donors (Lipinski definition) is 1. The second-order valence-electron chi connectivity index (χ2n) is 6.70. The summed E-state index contributed by atoms with van der Waals surface area (Å²) in [5.74, 6) is 0. The summed E-state index contributed by atoms with van der Waals surface area (Å²) in [6, 6.07) is 18.5. The zero-order valence-corrected chi connectivity index (χ0v) is 14.9. The smallest absolute Gasteiger partial charge is 0.369 e. The Bertz CT molecular complexity index is 907. The maximum absolute atomic E-state index is 12.2. The van der Waals surface area contributed by atoms with E-state index in [2.05, 4.69) is 39.3 Å². The summed E-state index contributed by atoms with van der Waals surface area (Å²) >= 11 is 0. The van der Waals surface area contributed by atoms with Crippen molar-refractivity contribution < 1.29 is 9.20 Å². The summed E-state index contributed by atoms with van der Waals surface area (Å²) in [5, 5.41) is 2.73. The van der Waals surface area contributed by atoms with E-state index in [0.717, 1.165) is 31.9 Å². The lowest BCUT2D eigenvalue weighted by atomic mass is 10.2. The van der Waals surface area contributed by atoms with Gasteiger partial charge in [0, 0.05) is 44.0 Å². The highest BCUT2D eigenvalue weighted by molar-refractivity contribution is 5.46. The van der Waals surface area contributed by atoms with Crippen LogP contribution in [0.4, 0.5) is 5.69 Å². The van der Waals surface area contributed by atoms with Gasteiger partial charge in [-0.15, -0.1) is 0 Å². The highest BCUT2D eigenvalue weighted by Crippen LogP contribution is 2.16. The lowest BCUT2D eigenvalue weighted by Crippen LogP contribution is -2.49. The monoisotopic (exact) mass is 351 g/mol. The van der Waals surface area contributed by atoms with E-state index in [1.54, 1.807) is 4.68 Å². The van der Waals surface area contributed by atoms with E-state index >= 15 is 0 Å². The number of nitrogens with zero attached hydrogens (tertiary/aromatic N) is 3. The first kappa shape index (κ1) is 16.6. The third-order valence-electron chi connectivity index (χ3n) is 4.89. The molecular weight excluding hydrogens is 328 g/mol. The lowest BCUT2D eigenvalue weighted by Gasteiger charge is -2.35. The maximum atomic E-state index is 12.2. The Balaban J connectivity index is 1.46. The fourth-order valence-corrected chi connectivity index (χ4v) is 3.34. The number of hydrogen-bond acceptors (Lipinski definition) is 4. The molecule has 1 N–H and O–H groups in total. The van der Waals surface area contributed by atoms with Crippen LogP contribution in [-0.4, -0.2) is 36.4 Å². The molecule has 0 unspecified atom stereocenters. The Morgan fingerprint density at radius 3 is 2.38 bits per heavy atom. The summed E-state index contributed by atoms with van der Waals surface area (Å²) in [6.45, 7) is 6.33. The standard InChI is InChI=1S/C20H22N4O2/c1-16-7-9-18(10-8-16)24-19(20(25)26-21-24)15-22-11-13-23(14-12-22)17-5-3-2-4-6-17/h2-10H,11-15H2,1H3/p+1. The predicted molar refractivity (Wildman–Crippen MR) is 99.5 cm³/mol. The number of H-pyrrole nitrogens is 1. The third-order valence-corrected chi connectivity index (χ3v) is 4.89. The van der Waals surface area contributed by atoms with Gasteiger partial charge < -0.3 is 4.90 Å². The van der Waals surface area contributed by atoms with Crippen LogP contribution < -0.4 is 15.2 Å². The van der Waals surface area contributed by atoms with Gasteiger partial charge in [0.15, 0.2) is 0 Å². The highest BCUT2D eigenvalue weighted by atomic mass is 16.5. The molecule has 0 saturated carbocycles. The molecule has 1 aliphatic rings. The van der Waals surface area contributed by atoms with E-state index in [1.165, 1.54) is 11.3 Å². The van der Waals surface area contributed by atoms with Crippen LogP contribution in [0.5, 0.6) is 0 Å². The number of aromatic nitrogens is 2. The van der Waals surface area contributed by atoms with Gasteiger partial charge in [-0.1, -0.05) is 35.9 Å². The van der Waals surface area contributed by atoms with E-state index in [-0.39, 0.29) is 5.63 Å². The molecule has 1 saturated heterocycles. The molecule has 0 bridgehead atoms. The minimum absolute atomic E-state index is 0.309. The molecule has 0 spiro atoms. The summed E-state index contributed by atoms with van der Waals surface area (Å²) in [7, 11) is 0. The van der Waals surface area contributed by atoms with Crippen LogP contribution in [-0.2, 0) is 6.54 Å². The van der Waals surface area contributed by atoms with Crippen LogP contribution in [0.2, 0.25) is 0 Å². The van der Waals surface area contributed by atoms with Gasteiger partial charge in [-0.3, -0.25) is 9.42 Å². The highest BCUT2D eigenvalue weighted by Gasteiger charge is 2.27. The van der Waals surface area contributed by atoms with Crippen molar-refractivity contribution in [3.63, 3.8) is 0 Å². The minimum Gasteiger partial charge on any atom is -0.369 e. The summed E-state index contributed by atoms with van der Waals surface area (Å²) < 4.78 is 6.80. The van der Waals surface area contributed by atoms with Crippen molar-refractivity contribution in [2.75, 3.05) is 31.1 Å². The predicted octanol–water partition coefficient (Wildman–Crippen LogP) is 1.88. The second-order valence-corrected chi connectivity index (χ2v) is 6.70. The van der Waals surface area contributed by atoms with Gasteiger partial charge in [0.2, 0.25) is 5.69 Å². The van der Waals surface area contributed by atoms with E-state index in [1.807, 2.05) is 37.3 Å². The average Bonchev–Trinajstić information content (AvgIpc) is 3.04. The quantitative estimate of drug-likeness (QED) is 0.729. The second kappa shape index (κ2) is 7.17. The number of piperazine rings is 1. The molecule has 0 aliphatic carbocycles. The Kier molecular flexibility index (Phi) is 4.58. The van der Waals surface area contributed by atoms with Crippen LogP contribution in [0.1, 0.15) is 11.3 Å². The van der Waals surface area contributed by atoms with Gasteiger partial charge >= 0.3 is 11.3 Å². The Hall–Kier alpha value is -2.86. The minimum atomic E-state index is -0.309. The molecule has 6 nitrogen and oxygen atoms in total. The summed E-state index contributed by atoms with van der Waals surface area (Å²) in [4.78, 5) is 16.9. The molecule has 2 heterocycles. The Labute approximate surface area is 152 Å². The van der Waals surface area contributed by atoms with Crippen molar-refractivity contribution in [2.45, 2.75) is 13.5 Å². The number of aryl methyl sites for hydroxylation is 1. The van der Waals surface area contributed by atoms with Crippen LogP contribution in [0.3, 0.4) is 0 Å². The fourth-order valence-electron chi connectivity index (χ4n) is 3.34. The first-order chi connectivity index (χ1) is 12.7. The van der Waals surface area contributed by atoms with Crippen LogP contribution in [0.15, 0.2) is 63.9 Å². The molecular formula is C20H23N4O2+. The zero-order valence-electron chi connectivity index (χ0n) is 14.9. The first-order valence-electron chi connectivity index (χ1n) is 8.92. The summed E-state index contributed by atoms with van der Waals surface area (Å²) in [6.07, 6.45) is 0. The zero-order chi connectivity index (χ0) is 17.9. The van der Waals surface area contributed by atoms with Crippen molar-refractivity contribution in [1.29, 1.82) is 0 Å². The molecule has 0 amide bonds. The average molecular weight is 351 g/mol. The van der Waals surface area contributed by atoms with Crippen LogP contribution >= 0.6 is 0 Å². The number of benzene rings is 2. The number of nitrogens with one attached hydrogen (secondary N) is 1. The van der Waals surface area contributed by atoms with Crippen molar-refractivity contribution in [3.8, 4) is 5.69 Å². The molecule has 1 aliphatic heterocycles. The molecule has 26 heavy (non-hydrogen) atoms. The molecule has 134 valence electrons. The Morgan fingerprint density at radius 1 is 1.00 bits per heavy atom. The molecule has 2 aromatic carbocycles. The topological polar surface area (TPSA) is 56.4 Å². The molecule has 1 fully saturated rings. The summed E-state index contributed by atoms with van der Waals surface area (Å²) in [5.41, 5.74) is 3.65. The third kappa shape index (κ3) is 3.41. The number of aromatic amines is 1. The van der Waals surface area contributed by atoms with E-state index in [0.29, 0.717) is 12.2 Å². The lowest BCUT2D eigenvalue weighted by molar-refractivity contribution is -0.678. The fraction of sp³-hybridized carbons (Fsp3) is 0.300. The van der Waals surface area contributed by atoms with Crippen molar-refractivity contribution in [2.24, 2.45) is 0 Å². The van der Waals surface area contributed by atoms with Gasteiger partial charge in [0.25, 0.3) is 0 Å². The van der Waals surface area contributed by atoms with E-state index in [4.69, 9.17) is 4.52 Å². The molecule has 0 atom stereocenters. The Morgan fingerprint density at radius 2 is 1.69 bits per heavy atom. The van der Waals surface area contributed by atoms with Crippen molar-refractivity contribution in [1.82, 2.24) is 10.2 Å². The van der Waals surface area contributed by atoms with Crippen LogP contribution in [0, 0.1) is 6.92 Å². The van der Waals surface area contributed by atoms with E-state index in [9.17, 15) is 4.79 Å². The van der Waals surface area contributed by atoms with Crippen molar-refractivity contribution >= 4 is 5.69 Å². The first-order valence-corrected chi connectivity index (χ1v) is 8.92. The number of rotatable bonds is 4. The molecule has 4 rings (SSSR count). The molecule has 1 aromatic heterocycles. The maximum Gasteiger partial charge on any atom is 0.431 e. The van der Waals surface area contributed by atoms with Crippen molar-refractivity contribution in [3.05, 3.63) is 76.3 Å². The van der Waals surface area contributed by atoms with Gasteiger partial charge in [0.05, 0.1) is 6.54 Å². The van der Waals surface area contributed by atoms with Gasteiger partial charge in [-0.05, 0) is 29.0 Å². The molecule has 0 radical (unpaired) electrons. The van der Waals surface area contributed by atoms with Crippen LogP contribution in [0.25, 0.3) is 5.69 Å². The van der Waals surface area contributed by atoms with Gasteiger partial charge in [-0.25, -0.2) is 4.79 Å². The van der Waals surface area contributed by atoms with E-state index < -0.39 is 0 Å².